The second-order valence-corrected chi connectivity index (χ2v) is 6.41. The molecule has 6 heteroatoms. The van der Waals surface area contributed by atoms with Gasteiger partial charge in [0.15, 0.2) is 0 Å². The molecule has 28 heavy (non-hydrogen) atoms. The smallest absolute Gasteiger partial charge is 0.253 e. The second-order valence-electron chi connectivity index (χ2n) is 6.41. The molecule has 1 unspecified atom stereocenters. The number of aldehydes is 1. The number of nitrogens with zero attached hydrogens (tertiary/aromatic N) is 1. The van der Waals surface area contributed by atoms with Crippen molar-refractivity contribution >= 4 is 23.6 Å². The van der Waals surface area contributed by atoms with E-state index < -0.39 is 6.04 Å². The topological polar surface area (TPSA) is 74.6 Å². The molecule has 0 spiro atoms. The first kappa shape index (κ1) is 19.2. The summed E-state index contributed by atoms with van der Waals surface area (Å²) in [6.07, 6.45) is 2.42. The Hall–Kier alpha value is -3.54. The van der Waals surface area contributed by atoms with Crippen LogP contribution in [0.4, 0.5) is 11.4 Å². The van der Waals surface area contributed by atoms with E-state index in [1.165, 1.54) is 0 Å². The third kappa shape index (κ3) is 5.01. The minimum Gasteiger partial charge on any atom is -0.467 e. The second kappa shape index (κ2) is 9.41. The number of anilines is 2. The van der Waals surface area contributed by atoms with E-state index in [4.69, 9.17) is 4.42 Å². The first-order valence-electron chi connectivity index (χ1n) is 9.05. The highest BCUT2D eigenvalue weighted by Gasteiger charge is 2.16. The van der Waals surface area contributed by atoms with Gasteiger partial charge < -0.3 is 24.7 Å². The molecule has 1 heterocycles. The Balaban J connectivity index is 1.67. The lowest BCUT2D eigenvalue weighted by atomic mass is 10.1. The van der Waals surface area contributed by atoms with Gasteiger partial charge in [-0.3, -0.25) is 4.79 Å². The quantitative estimate of drug-likeness (QED) is 0.560. The molecular formula is C22H23N3O3. The molecule has 0 bridgehead atoms. The molecular weight excluding hydrogens is 354 g/mol. The van der Waals surface area contributed by atoms with Crippen molar-refractivity contribution in [2.75, 3.05) is 23.8 Å². The molecule has 1 amide bonds. The van der Waals surface area contributed by atoms with Crippen molar-refractivity contribution in [2.45, 2.75) is 12.6 Å². The summed E-state index contributed by atoms with van der Waals surface area (Å²) in [7, 11) is 1.93. The maximum atomic E-state index is 12.6. The maximum absolute atomic E-state index is 12.6. The third-order valence-electron chi connectivity index (χ3n) is 4.35. The van der Waals surface area contributed by atoms with E-state index in [0.29, 0.717) is 30.1 Å². The molecule has 2 N–H and O–H groups in total. The first-order valence-corrected chi connectivity index (χ1v) is 9.05. The van der Waals surface area contributed by atoms with E-state index in [0.717, 1.165) is 12.0 Å². The standard InChI is InChI=1S/C22H23N3O3/c1-25(18-8-3-2-4-9-18)15-17(16-26)24-21-12-6-5-11-20(21)22(27)23-14-19-10-7-13-28-19/h2-13,16-17,24H,14-15H2,1H3,(H,23,27). The van der Waals surface area contributed by atoms with Gasteiger partial charge in [0.25, 0.3) is 5.91 Å². The van der Waals surface area contributed by atoms with Gasteiger partial charge in [-0.05, 0) is 36.4 Å². The summed E-state index contributed by atoms with van der Waals surface area (Å²) in [6, 6.07) is 20.1. The van der Waals surface area contributed by atoms with Crippen LogP contribution in [0.3, 0.4) is 0 Å². The number of amides is 1. The van der Waals surface area contributed by atoms with Crippen LogP contribution in [0.5, 0.6) is 0 Å². The number of nitrogens with one attached hydrogen (secondary N) is 2. The zero-order chi connectivity index (χ0) is 19.8. The summed E-state index contributed by atoms with van der Waals surface area (Å²) in [5, 5.41) is 6.01. The number of carbonyl (C=O) groups excluding carboxylic acids is 2. The van der Waals surface area contributed by atoms with Crippen LogP contribution < -0.4 is 15.5 Å². The van der Waals surface area contributed by atoms with Crippen molar-refractivity contribution in [1.82, 2.24) is 5.32 Å². The Morgan fingerprint density at radius 1 is 1.07 bits per heavy atom. The minimum atomic E-state index is -0.468. The van der Waals surface area contributed by atoms with Gasteiger partial charge in [0.2, 0.25) is 0 Å². The van der Waals surface area contributed by atoms with E-state index in [9.17, 15) is 9.59 Å². The van der Waals surface area contributed by atoms with Gasteiger partial charge >= 0.3 is 0 Å². The average molecular weight is 377 g/mol. The highest BCUT2D eigenvalue weighted by atomic mass is 16.3. The number of likely N-dealkylation sites (N-methyl/N-ethyl adjacent to an activating group) is 1. The lowest BCUT2D eigenvalue weighted by Gasteiger charge is -2.24. The maximum Gasteiger partial charge on any atom is 0.253 e. The number of furan rings is 1. The fourth-order valence-electron chi connectivity index (χ4n) is 2.89. The molecule has 1 atom stereocenters. The highest BCUT2D eigenvalue weighted by molar-refractivity contribution is 5.99. The Kier molecular flexibility index (Phi) is 6.46. The number of benzene rings is 2. The Labute approximate surface area is 164 Å². The molecule has 3 aromatic rings. The molecule has 0 saturated carbocycles. The number of rotatable bonds is 9. The van der Waals surface area contributed by atoms with Crippen molar-refractivity contribution < 1.29 is 14.0 Å². The van der Waals surface area contributed by atoms with Crippen molar-refractivity contribution in [3.63, 3.8) is 0 Å². The van der Waals surface area contributed by atoms with E-state index in [-0.39, 0.29) is 5.91 Å². The lowest BCUT2D eigenvalue weighted by molar-refractivity contribution is -0.108. The zero-order valence-electron chi connectivity index (χ0n) is 15.7. The van der Waals surface area contributed by atoms with Crippen molar-refractivity contribution in [3.8, 4) is 0 Å². The normalized spacial score (nSPS) is 11.5. The largest absolute Gasteiger partial charge is 0.467 e. The molecule has 0 saturated heterocycles. The van der Waals surface area contributed by atoms with Gasteiger partial charge in [0.1, 0.15) is 12.0 Å². The van der Waals surface area contributed by atoms with Crippen LogP contribution in [0.2, 0.25) is 0 Å². The molecule has 0 aliphatic carbocycles. The minimum absolute atomic E-state index is 0.236. The van der Waals surface area contributed by atoms with Crippen LogP contribution in [0.15, 0.2) is 77.4 Å². The van der Waals surface area contributed by atoms with Gasteiger partial charge in [-0.2, -0.15) is 0 Å². The molecule has 3 rings (SSSR count). The van der Waals surface area contributed by atoms with Gasteiger partial charge in [0.05, 0.1) is 24.4 Å². The first-order chi connectivity index (χ1) is 13.7. The van der Waals surface area contributed by atoms with Crippen molar-refractivity contribution in [1.29, 1.82) is 0 Å². The summed E-state index contributed by atoms with van der Waals surface area (Å²) < 4.78 is 5.24. The monoisotopic (exact) mass is 377 g/mol. The van der Waals surface area contributed by atoms with Crippen LogP contribution in [0, 0.1) is 0 Å². The number of hydrogen-bond acceptors (Lipinski definition) is 5. The fraction of sp³-hybridized carbons (Fsp3) is 0.182. The summed E-state index contributed by atoms with van der Waals surface area (Å²) in [5.41, 5.74) is 2.10. The average Bonchev–Trinajstić information content (AvgIpc) is 3.26. The predicted molar refractivity (Wildman–Crippen MR) is 110 cm³/mol. The molecule has 6 nitrogen and oxygen atoms in total. The van der Waals surface area contributed by atoms with Crippen LogP contribution in [-0.2, 0) is 11.3 Å². The Morgan fingerprint density at radius 2 is 1.82 bits per heavy atom. The van der Waals surface area contributed by atoms with Crippen LogP contribution >= 0.6 is 0 Å². The summed E-state index contributed by atoms with van der Waals surface area (Å²) in [6.45, 7) is 0.768. The van der Waals surface area contributed by atoms with Gasteiger partial charge in [-0.1, -0.05) is 30.3 Å². The number of hydrogen-bond donors (Lipinski definition) is 2. The van der Waals surface area contributed by atoms with Gasteiger partial charge in [-0.25, -0.2) is 0 Å². The van der Waals surface area contributed by atoms with Crippen LogP contribution in [0.25, 0.3) is 0 Å². The lowest BCUT2D eigenvalue weighted by Crippen LogP contribution is -2.36. The molecule has 0 aliphatic heterocycles. The fourth-order valence-corrected chi connectivity index (χ4v) is 2.89. The zero-order valence-corrected chi connectivity index (χ0v) is 15.7. The summed E-state index contributed by atoms with van der Waals surface area (Å²) in [5.74, 6) is 0.439. The molecule has 0 radical (unpaired) electrons. The SMILES string of the molecule is CN(CC(C=O)Nc1ccccc1C(=O)NCc1ccco1)c1ccccc1. The Morgan fingerprint density at radius 3 is 2.54 bits per heavy atom. The molecule has 0 fully saturated rings. The molecule has 0 aliphatic rings. The van der Waals surface area contributed by atoms with Gasteiger partial charge in [-0.15, -0.1) is 0 Å². The summed E-state index contributed by atoms with van der Waals surface area (Å²) in [4.78, 5) is 26.2. The molecule has 1 aromatic heterocycles. The van der Waals surface area contributed by atoms with Crippen LogP contribution in [-0.4, -0.2) is 31.8 Å². The van der Waals surface area contributed by atoms with E-state index in [1.807, 2.05) is 48.3 Å². The number of para-hydroxylation sites is 2. The van der Waals surface area contributed by atoms with Crippen molar-refractivity contribution in [3.05, 3.63) is 84.3 Å². The third-order valence-corrected chi connectivity index (χ3v) is 4.35. The number of carbonyl (C=O) groups is 2. The predicted octanol–water partition coefficient (Wildman–Crippen LogP) is 3.33. The van der Waals surface area contributed by atoms with E-state index in [1.54, 1.807) is 36.6 Å². The van der Waals surface area contributed by atoms with Crippen molar-refractivity contribution in [2.24, 2.45) is 0 Å². The van der Waals surface area contributed by atoms with E-state index in [2.05, 4.69) is 10.6 Å². The van der Waals surface area contributed by atoms with E-state index >= 15 is 0 Å². The van der Waals surface area contributed by atoms with Gasteiger partial charge in [0, 0.05) is 25.0 Å². The Bertz CT molecular complexity index is 894. The summed E-state index contributed by atoms with van der Waals surface area (Å²) >= 11 is 0. The molecule has 144 valence electrons. The highest BCUT2D eigenvalue weighted by Crippen LogP contribution is 2.18. The van der Waals surface area contributed by atoms with Crippen LogP contribution in [0.1, 0.15) is 16.1 Å². The molecule has 2 aromatic carbocycles.